The van der Waals surface area contributed by atoms with Crippen molar-refractivity contribution in [3.63, 3.8) is 0 Å². The van der Waals surface area contributed by atoms with Gasteiger partial charge in [0, 0.05) is 31.7 Å². The molecule has 9 heteroatoms. The van der Waals surface area contributed by atoms with Gasteiger partial charge in [-0.2, -0.15) is 5.26 Å². The minimum Gasteiger partial charge on any atom is -0.493 e. The summed E-state index contributed by atoms with van der Waals surface area (Å²) in [5.74, 6) is 1.58. The lowest BCUT2D eigenvalue weighted by atomic mass is 10.2. The van der Waals surface area contributed by atoms with Gasteiger partial charge in [0.15, 0.2) is 11.6 Å². The molecule has 0 radical (unpaired) electrons. The first-order valence-electron chi connectivity index (χ1n) is 8.26. The molecule has 3 aromatic rings. The van der Waals surface area contributed by atoms with Gasteiger partial charge < -0.3 is 20.7 Å². The minimum atomic E-state index is -0.305. The van der Waals surface area contributed by atoms with Crippen LogP contribution < -0.4 is 20.7 Å². The van der Waals surface area contributed by atoms with Crippen molar-refractivity contribution in [2.75, 3.05) is 24.8 Å². The van der Waals surface area contributed by atoms with E-state index in [1.165, 1.54) is 26.6 Å². The van der Waals surface area contributed by atoms with Crippen LogP contribution in [0.4, 0.5) is 23.1 Å². The van der Waals surface area contributed by atoms with Crippen molar-refractivity contribution in [1.82, 2.24) is 20.3 Å². The molecule has 0 atom stereocenters. The van der Waals surface area contributed by atoms with Crippen molar-refractivity contribution in [2.24, 2.45) is 0 Å². The predicted molar refractivity (Wildman–Crippen MR) is 104 cm³/mol. The van der Waals surface area contributed by atoms with Crippen LogP contribution in [-0.2, 0) is 0 Å². The zero-order valence-corrected chi connectivity index (χ0v) is 15.2. The summed E-state index contributed by atoms with van der Waals surface area (Å²) < 4.78 is 5.30. The number of nitrogens with zero attached hydrogens (tertiary/aromatic N) is 4. The SMILES string of the molecule is CNC(=O)c1cnc(Nc2cc(C#N)ccn2)cc1Nc1ncccc1OC. The number of carbonyl (C=O) groups is 1. The van der Waals surface area contributed by atoms with Gasteiger partial charge in [0.2, 0.25) is 0 Å². The molecular weight excluding hydrogens is 358 g/mol. The van der Waals surface area contributed by atoms with Crippen LogP contribution in [0.25, 0.3) is 0 Å². The van der Waals surface area contributed by atoms with Crippen molar-refractivity contribution >= 4 is 29.0 Å². The molecule has 0 aliphatic heterocycles. The molecule has 0 saturated carbocycles. The van der Waals surface area contributed by atoms with Crippen molar-refractivity contribution in [3.8, 4) is 11.8 Å². The van der Waals surface area contributed by atoms with Gasteiger partial charge in [0.25, 0.3) is 5.91 Å². The third-order valence-corrected chi connectivity index (χ3v) is 3.76. The standard InChI is InChI=1S/C19H17N7O2/c1-21-19(27)13-11-24-17(26-16-8-12(10-20)5-7-22-16)9-14(13)25-18-15(28-2)4-3-6-23-18/h3-9,11H,1-2H3,(H,21,27)(H2,22,23,24,25,26). The van der Waals surface area contributed by atoms with Gasteiger partial charge in [-0.3, -0.25) is 4.79 Å². The highest BCUT2D eigenvalue weighted by Gasteiger charge is 2.15. The van der Waals surface area contributed by atoms with E-state index >= 15 is 0 Å². The van der Waals surface area contributed by atoms with E-state index < -0.39 is 0 Å². The van der Waals surface area contributed by atoms with Crippen LogP contribution in [-0.4, -0.2) is 35.0 Å². The average Bonchev–Trinajstić information content (AvgIpc) is 2.74. The zero-order valence-electron chi connectivity index (χ0n) is 15.2. The first-order valence-corrected chi connectivity index (χ1v) is 8.26. The zero-order chi connectivity index (χ0) is 19.9. The van der Waals surface area contributed by atoms with Gasteiger partial charge in [0.05, 0.1) is 30.0 Å². The summed E-state index contributed by atoms with van der Waals surface area (Å²) >= 11 is 0. The smallest absolute Gasteiger partial charge is 0.254 e. The van der Waals surface area contributed by atoms with Crippen molar-refractivity contribution in [1.29, 1.82) is 5.26 Å². The summed E-state index contributed by atoms with van der Waals surface area (Å²) in [6.45, 7) is 0. The van der Waals surface area contributed by atoms with Crippen LogP contribution >= 0.6 is 0 Å². The van der Waals surface area contributed by atoms with E-state index in [1.807, 2.05) is 0 Å². The van der Waals surface area contributed by atoms with E-state index in [-0.39, 0.29) is 5.91 Å². The van der Waals surface area contributed by atoms with Crippen LogP contribution in [0.3, 0.4) is 0 Å². The monoisotopic (exact) mass is 375 g/mol. The minimum absolute atomic E-state index is 0.305. The molecule has 1 amide bonds. The number of hydrogen-bond donors (Lipinski definition) is 3. The van der Waals surface area contributed by atoms with Crippen LogP contribution in [0, 0.1) is 11.3 Å². The summed E-state index contributed by atoms with van der Waals surface area (Å²) in [5.41, 5.74) is 1.28. The Morgan fingerprint density at radius 2 is 1.93 bits per heavy atom. The summed E-state index contributed by atoms with van der Waals surface area (Å²) in [6.07, 6.45) is 4.58. The fourth-order valence-electron chi connectivity index (χ4n) is 2.42. The lowest BCUT2D eigenvalue weighted by Gasteiger charge is -2.14. The van der Waals surface area contributed by atoms with Crippen LogP contribution in [0.5, 0.6) is 5.75 Å². The Balaban J connectivity index is 1.97. The average molecular weight is 375 g/mol. The van der Waals surface area contributed by atoms with Crippen LogP contribution in [0.15, 0.2) is 48.9 Å². The molecule has 3 rings (SSSR count). The number of pyridine rings is 3. The van der Waals surface area contributed by atoms with Gasteiger partial charge in [-0.1, -0.05) is 0 Å². The Bertz CT molecular complexity index is 1050. The number of ether oxygens (including phenoxy) is 1. The topological polar surface area (TPSA) is 125 Å². The van der Waals surface area contributed by atoms with Crippen molar-refractivity contribution < 1.29 is 9.53 Å². The normalized spacial score (nSPS) is 9.89. The fourth-order valence-corrected chi connectivity index (χ4v) is 2.42. The second-order valence-corrected chi connectivity index (χ2v) is 5.54. The highest BCUT2D eigenvalue weighted by Crippen LogP contribution is 2.28. The van der Waals surface area contributed by atoms with Gasteiger partial charge in [-0.15, -0.1) is 0 Å². The first-order chi connectivity index (χ1) is 13.6. The third kappa shape index (κ3) is 4.13. The molecule has 3 aromatic heterocycles. The molecule has 28 heavy (non-hydrogen) atoms. The van der Waals surface area contributed by atoms with E-state index in [1.54, 1.807) is 36.5 Å². The van der Waals surface area contributed by atoms with Gasteiger partial charge >= 0.3 is 0 Å². The maximum absolute atomic E-state index is 12.2. The van der Waals surface area contributed by atoms with Crippen LogP contribution in [0.2, 0.25) is 0 Å². The van der Waals surface area contributed by atoms with E-state index in [0.717, 1.165) is 0 Å². The molecule has 0 aromatic carbocycles. The molecule has 0 fully saturated rings. The number of carbonyl (C=O) groups excluding carboxylic acids is 1. The van der Waals surface area contributed by atoms with Crippen molar-refractivity contribution in [3.05, 3.63) is 60.0 Å². The van der Waals surface area contributed by atoms with Gasteiger partial charge in [-0.25, -0.2) is 15.0 Å². The Morgan fingerprint density at radius 3 is 2.68 bits per heavy atom. The molecule has 9 nitrogen and oxygen atoms in total. The highest BCUT2D eigenvalue weighted by molar-refractivity contribution is 6.00. The van der Waals surface area contributed by atoms with E-state index in [9.17, 15) is 4.79 Å². The summed E-state index contributed by atoms with van der Waals surface area (Å²) in [4.78, 5) is 24.9. The van der Waals surface area contributed by atoms with Gasteiger partial charge in [-0.05, 0) is 24.3 Å². The van der Waals surface area contributed by atoms with Gasteiger partial charge in [0.1, 0.15) is 11.6 Å². The largest absolute Gasteiger partial charge is 0.493 e. The molecule has 0 aliphatic carbocycles. The number of aromatic nitrogens is 3. The Labute approximate surface area is 161 Å². The molecule has 0 spiro atoms. The molecule has 0 bridgehead atoms. The number of hydrogen-bond acceptors (Lipinski definition) is 8. The Hall–Kier alpha value is -4.19. The number of amides is 1. The number of nitrogens with one attached hydrogen (secondary N) is 3. The lowest BCUT2D eigenvalue weighted by Crippen LogP contribution is -2.19. The molecule has 3 N–H and O–H groups in total. The molecular formula is C19H17N7O2. The van der Waals surface area contributed by atoms with E-state index in [0.29, 0.717) is 40.0 Å². The molecule has 140 valence electrons. The Kier molecular flexibility index (Phi) is 5.62. The van der Waals surface area contributed by atoms with Crippen LogP contribution in [0.1, 0.15) is 15.9 Å². The van der Waals surface area contributed by atoms with E-state index in [4.69, 9.17) is 10.00 Å². The first kappa shape index (κ1) is 18.6. The lowest BCUT2D eigenvalue weighted by molar-refractivity contribution is 0.0963. The fraction of sp³-hybridized carbons (Fsp3) is 0.105. The summed E-state index contributed by atoms with van der Waals surface area (Å²) in [7, 11) is 3.08. The number of methoxy groups -OCH3 is 1. The number of nitriles is 1. The molecule has 0 aliphatic rings. The number of rotatable bonds is 6. The maximum atomic E-state index is 12.2. The molecule has 0 unspecified atom stereocenters. The quantitative estimate of drug-likeness (QED) is 0.600. The third-order valence-electron chi connectivity index (χ3n) is 3.76. The number of anilines is 4. The van der Waals surface area contributed by atoms with E-state index in [2.05, 4.69) is 37.0 Å². The molecule has 3 heterocycles. The maximum Gasteiger partial charge on any atom is 0.254 e. The second kappa shape index (κ2) is 8.46. The predicted octanol–water partition coefficient (Wildman–Crippen LogP) is 2.60. The Morgan fingerprint density at radius 1 is 1.11 bits per heavy atom. The summed E-state index contributed by atoms with van der Waals surface area (Å²) in [5, 5.41) is 17.7. The second-order valence-electron chi connectivity index (χ2n) is 5.54. The highest BCUT2D eigenvalue weighted by atomic mass is 16.5. The molecule has 0 saturated heterocycles. The van der Waals surface area contributed by atoms with Crippen molar-refractivity contribution in [2.45, 2.75) is 0 Å². The summed E-state index contributed by atoms with van der Waals surface area (Å²) in [6, 6.07) is 10.4.